The second-order valence-corrected chi connectivity index (χ2v) is 4.38. The van der Waals surface area contributed by atoms with Crippen molar-refractivity contribution in [3.8, 4) is 0 Å². The van der Waals surface area contributed by atoms with Crippen molar-refractivity contribution in [2.45, 2.75) is 25.6 Å². The van der Waals surface area contributed by atoms with E-state index in [2.05, 4.69) is 30.5 Å². The van der Waals surface area contributed by atoms with E-state index in [1.54, 1.807) is 13.8 Å². The summed E-state index contributed by atoms with van der Waals surface area (Å²) in [5, 5.41) is 17.8. The molecule has 9 heteroatoms. The fourth-order valence-corrected chi connectivity index (χ4v) is 1.74. The summed E-state index contributed by atoms with van der Waals surface area (Å²) >= 11 is 1.18. The van der Waals surface area contributed by atoms with E-state index in [1.807, 2.05) is 0 Å². The summed E-state index contributed by atoms with van der Waals surface area (Å²) in [5.41, 5.74) is 1.28. The van der Waals surface area contributed by atoms with E-state index >= 15 is 0 Å². The Labute approximate surface area is 106 Å². The van der Waals surface area contributed by atoms with Crippen LogP contribution in [-0.2, 0) is 11.3 Å². The van der Waals surface area contributed by atoms with Crippen molar-refractivity contribution in [2.75, 3.05) is 5.75 Å². The average Bonchev–Trinajstić information content (AvgIpc) is 2.93. The SMILES string of the molecule is Cc1nnc(SCC(=O)NCc2nonc2C)o1. The monoisotopic (exact) mass is 269 g/mol. The predicted molar refractivity (Wildman–Crippen MR) is 60.6 cm³/mol. The smallest absolute Gasteiger partial charge is 0.277 e. The first-order valence-electron chi connectivity index (χ1n) is 5.13. The van der Waals surface area contributed by atoms with Crippen molar-refractivity contribution in [2.24, 2.45) is 0 Å². The highest BCUT2D eigenvalue weighted by atomic mass is 32.2. The lowest BCUT2D eigenvalue weighted by Gasteiger charge is -2.00. The molecule has 1 N–H and O–H groups in total. The third kappa shape index (κ3) is 3.29. The zero-order chi connectivity index (χ0) is 13.0. The van der Waals surface area contributed by atoms with Gasteiger partial charge in [-0.05, 0) is 6.92 Å². The molecule has 18 heavy (non-hydrogen) atoms. The Kier molecular flexibility index (Phi) is 3.92. The minimum Gasteiger partial charge on any atom is -0.416 e. The van der Waals surface area contributed by atoms with E-state index in [0.29, 0.717) is 22.5 Å². The normalized spacial score (nSPS) is 10.6. The molecule has 2 aromatic rings. The van der Waals surface area contributed by atoms with Crippen molar-refractivity contribution in [3.63, 3.8) is 0 Å². The van der Waals surface area contributed by atoms with Gasteiger partial charge in [-0.15, -0.1) is 10.2 Å². The van der Waals surface area contributed by atoms with Gasteiger partial charge in [0.2, 0.25) is 11.8 Å². The molecular formula is C9H11N5O3S. The molecule has 0 aliphatic carbocycles. The topological polar surface area (TPSA) is 107 Å². The number of aryl methyl sites for hydroxylation is 2. The van der Waals surface area contributed by atoms with Crippen LogP contribution >= 0.6 is 11.8 Å². The summed E-state index contributed by atoms with van der Waals surface area (Å²) in [6.45, 7) is 3.74. The Bertz CT molecular complexity index is 538. The quantitative estimate of drug-likeness (QED) is 0.781. The summed E-state index contributed by atoms with van der Waals surface area (Å²) in [7, 11) is 0. The van der Waals surface area contributed by atoms with E-state index in [-0.39, 0.29) is 18.2 Å². The molecule has 2 aromatic heterocycles. The second kappa shape index (κ2) is 5.63. The lowest BCUT2D eigenvalue weighted by Crippen LogP contribution is -2.25. The van der Waals surface area contributed by atoms with Gasteiger partial charge in [-0.25, -0.2) is 4.63 Å². The zero-order valence-electron chi connectivity index (χ0n) is 9.84. The molecule has 1 amide bonds. The minimum atomic E-state index is -0.154. The maximum atomic E-state index is 11.5. The molecule has 0 unspecified atom stereocenters. The summed E-state index contributed by atoms with van der Waals surface area (Å²) in [4.78, 5) is 11.5. The van der Waals surface area contributed by atoms with Crippen LogP contribution in [0.5, 0.6) is 0 Å². The molecule has 0 saturated heterocycles. The molecule has 0 bridgehead atoms. The van der Waals surface area contributed by atoms with Gasteiger partial charge in [0.15, 0.2) is 0 Å². The number of thioether (sulfide) groups is 1. The van der Waals surface area contributed by atoms with Crippen LogP contribution in [0.1, 0.15) is 17.3 Å². The molecule has 0 aliphatic rings. The fraction of sp³-hybridized carbons (Fsp3) is 0.444. The fourth-order valence-electron chi connectivity index (χ4n) is 1.11. The summed E-state index contributed by atoms with van der Waals surface area (Å²) in [6.07, 6.45) is 0. The van der Waals surface area contributed by atoms with Crippen molar-refractivity contribution in [1.29, 1.82) is 0 Å². The minimum absolute atomic E-state index is 0.154. The van der Waals surface area contributed by atoms with Crippen molar-refractivity contribution in [3.05, 3.63) is 17.3 Å². The Morgan fingerprint density at radius 3 is 2.78 bits per heavy atom. The van der Waals surface area contributed by atoms with E-state index in [1.165, 1.54) is 11.8 Å². The number of carbonyl (C=O) groups excluding carboxylic acids is 1. The summed E-state index contributed by atoms with van der Waals surface area (Å²) in [6, 6.07) is 0. The van der Waals surface area contributed by atoms with Crippen LogP contribution in [0.25, 0.3) is 0 Å². The van der Waals surface area contributed by atoms with Crippen LogP contribution in [0.3, 0.4) is 0 Å². The number of amides is 1. The van der Waals surface area contributed by atoms with Gasteiger partial charge < -0.3 is 9.73 Å². The summed E-state index contributed by atoms with van der Waals surface area (Å²) < 4.78 is 9.65. The highest BCUT2D eigenvalue weighted by molar-refractivity contribution is 7.99. The lowest BCUT2D eigenvalue weighted by molar-refractivity contribution is -0.118. The Morgan fingerprint density at radius 1 is 1.33 bits per heavy atom. The van der Waals surface area contributed by atoms with E-state index < -0.39 is 0 Å². The van der Waals surface area contributed by atoms with Gasteiger partial charge in [-0.1, -0.05) is 22.1 Å². The number of nitrogens with one attached hydrogen (secondary N) is 1. The molecule has 0 radical (unpaired) electrons. The molecule has 2 heterocycles. The third-order valence-corrected chi connectivity index (χ3v) is 2.85. The van der Waals surface area contributed by atoms with Gasteiger partial charge in [0.25, 0.3) is 5.22 Å². The maximum Gasteiger partial charge on any atom is 0.277 e. The van der Waals surface area contributed by atoms with E-state index in [9.17, 15) is 4.79 Å². The molecule has 96 valence electrons. The number of carbonyl (C=O) groups is 1. The summed E-state index contributed by atoms with van der Waals surface area (Å²) in [5.74, 6) is 0.520. The predicted octanol–water partition coefficient (Wildman–Crippen LogP) is 0.478. The molecule has 0 fully saturated rings. The average molecular weight is 269 g/mol. The van der Waals surface area contributed by atoms with E-state index in [4.69, 9.17) is 4.42 Å². The zero-order valence-corrected chi connectivity index (χ0v) is 10.7. The largest absolute Gasteiger partial charge is 0.416 e. The van der Waals surface area contributed by atoms with E-state index in [0.717, 1.165) is 0 Å². The van der Waals surface area contributed by atoms with Gasteiger partial charge in [0, 0.05) is 6.92 Å². The highest BCUT2D eigenvalue weighted by Gasteiger charge is 2.10. The first-order valence-corrected chi connectivity index (χ1v) is 6.11. The molecular weight excluding hydrogens is 258 g/mol. The highest BCUT2D eigenvalue weighted by Crippen LogP contribution is 2.14. The second-order valence-electron chi connectivity index (χ2n) is 3.45. The van der Waals surface area contributed by atoms with Crippen molar-refractivity contribution < 1.29 is 13.8 Å². The standard InChI is InChI=1S/C9H11N5O3S/c1-5-7(14-17-13-5)3-10-8(15)4-18-9-12-11-6(2)16-9/h3-4H2,1-2H3,(H,10,15). The molecule has 0 aliphatic heterocycles. The Morgan fingerprint density at radius 2 is 2.17 bits per heavy atom. The number of nitrogens with zero attached hydrogens (tertiary/aromatic N) is 4. The molecule has 0 spiro atoms. The van der Waals surface area contributed by atoms with Crippen molar-refractivity contribution in [1.82, 2.24) is 25.8 Å². The van der Waals surface area contributed by atoms with Gasteiger partial charge in [-0.3, -0.25) is 4.79 Å². The maximum absolute atomic E-state index is 11.5. The molecule has 8 nitrogen and oxygen atoms in total. The van der Waals surface area contributed by atoms with Gasteiger partial charge in [-0.2, -0.15) is 0 Å². The van der Waals surface area contributed by atoms with Crippen LogP contribution in [0.4, 0.5) is 0 Å². The molecule has 2 rings (SSSR count). The number of rotatable bonds is 5. The first-order chi connectivity index (χ1) is 8.65. The van der Waals surface area contributed by atoms with Gasteiger partial charge in [0.1, 0.15) is 11.4 Å². The number of hydrogen-bond donors (Lipinski definition) is 1. The molecule has 0 aromatic carbocycles. The van der Waals surface area contributed by atoms with Crippen molar-refractivity contribution >= 4 is 17.7 Å². The van der Waals surface area contributed by atoms with Gasteiger partial charge in [0.05, 0.1) is 12.3 Å². The Balaban J connectivity index is 1.74. The third-order valence-electron chi connectivity index (χ3n) is 2.03. The molecule has 0 saturated carbocycles. The Hall–Kier alpha value is -1.90. The lowest BCUT2D eigenvalue weighted by atomic mass is 10.3. The van der Waals surface area contributed by atoms with Crippen LogP contribution < -0.4 is 5.32 Å². The van der Waals surface area contributed by atoms with Gasteiger partial charge >= 0.3 is 0 Å². The number of aromatic nitrogens is 4. The molecule has 0 atom stereocenters. The van der Waals surface area contributed by atoms with Crippen LogP contribution in [0, 0.1) is 13.8 Å². The van der Waals surface area contributed by atoms with Crippen LogP contribution in [0.2, 0.25) is 0 Å². The van der Waals surface area contributed by atoms with Crippen LogP contribution in [-0.4, -0.2) is 32.2 Å². The first kappa shape index (κ1) is 12.6. The number of hydrogen-bond acceptors (Lipinski definition) is 8. The van der Waals surface area contributed by atoms with Crippen LogP contribution in [0.15, 0.2) is 14.3 Å².